The molecule has 2 rings (SSSR count). The Balaban J connectivity index is 1.98. The summed E-state index contributed by atoms with van der Waals surface area (Å²) in [5.41, 5.74) is 1.45. The van der Waals surface area contributed by atoms with Gasteiger partial charge in [0.2, 0.25) is 5.91 Å². The highest BCUT2D eigenvalue weighted by molar-refractivity contribution is 5.94. The number of nitrogens with zero attached hydrogens (tertiary/aromatic N) is 1. The second kappa shape index (κ2) is 7.87. The number of rotatable bonds is 6. The Morgan fingerprint density at radius 3 is 2.50 bits per heavy atom. The van der Waals surface area contributed by atoms with E-state index in [0.717, 1.165) is 0 Å². The SMILES string of the molecule is CCC(=O)Nc1cccc(C(=O)OCc2ccc([N+](=O)[O-])cc2)c1. The van der Waals surface area contributed by atoms with Crippen LogP contribution in [0.25, 0.3) is 0 Å². The van der Waals surface area contributed by atoms with Crippen molar-refractivity contribution in [3.05, 3.63) is 69.8 Å². The lowest BCUT2D eigenvalue weighted by Gasteiger charge is -2.07. The largest absolute Gasteiger partial charge is 0.457 e. The third-order valence-corrected chi connectivity index (χ3v) is 3.22. The number of esters is 1. The van der Waals surface area contributed by atoms with Crippen LogP contribution in [0.1, 0.15) is 29.3 Å². The molecule has 7 heteroatoms. The molecule has 0 aliphatic rings. The Labute approximate surface area is 138 Å². The number of nitrogens with one attached hydrogen (secondary N) is 1. The van der Waals surface area contributed by atoms with Gasteiger partial charge in [0, 0.05) is 24.2 Å². The van der Waals surface area contributed by atoms with Crippen LogP contribution in [0.4, 0.5) is 11.4 Å². The van der Waals surface area contributed by atoms with Crippen molar-refractivity contribution >= 4 is 23.3 Å². The molecular weight excluding hydrogens is 312 g/mol. The number of nitro benzene ring substituents is 1. The van der Waals surface area contributed by atoms with E-state index < -0.39 is 10.9 Å². The van der Waals surface area contributed by atoms with Crippen molar-refractivity contribution in [2.45, 2.75) is 20.0 Å². The molecule has 2 aromatic carbocycles. The molecule has 0 radical (unpaired) electrons. The van der Waals surface area contributed by atoms with Gasteiger partial charge in [-0.25, -0.2) is 4.79 Å². The molecule has 0 aliphatic heterocycles. The molecule has 0 fully saturated rings. The fourth-order valence-corrected chi connectivity index (χ4v) is 1.92. The van der Waals surface area contributed by atoms with Gasteiger partial charge < -0.3 is 10.1 Å². The second-order valence-corrected chi connectivity index (χ2v) is 4.98. The van der Waals surface area contributed by atoms with Crippen LogP contribution in [-0.4, -0.2) is 16.8 Å². The van der Waals surface area contributed by atoms with Crippen molar-refractivity contribution in [2.24, 2.45) is 0 Å². The number of nitro groups is 1. The quantitative estimate of drug-likeness (QED) is 0.498. The Kier molecular flexibility index (Phi) is 5.62. The van der Waals surface area contributed by atoms with Gasteiger partial charge in [0.1, 0.15) is 6.61 Å². The minimum absolute atomic E-state index is 0.00236. The number of benzene rings is 2. The van der Waals surface area contributed by atoms with E-state index in [1.807, 2.05) is 0 Å². The Morgan fingerprint density at radius 1 is 1.17 bits per heavy atom. The Bertz CT molecular complexity index is 756. The van der Waals surface area contributed by atoms with E-state index in [0.29, 0.717) is 23.2 Å². The predicted molar refractivity (Wildman–Crippen MR) is 87.6 cm³/mol. The van der Waals surface area contributed by atoms with Crippen LogP contribution in [0.15, 0.2) is 48.5 Å². The number of anilines is 1. The zero-order valence-electron chi connectivity index (χ0n) is 13.0. The monoisotopic (exact) mass is 328 g/mol. The highest BCUT2D eigenvalue weighted by Crippen LogP contribution is 2.15. The first kappa shape index (κ1) is 17.1. The molecule has 0 saturated heterocycles. The molecule has 0 aromatic heterocycles. The first-order valence-electron chi connectivity index (χ1n) is 7.30. The molecule has 7 nitrogen and oxygen atoms in total. The molecule has 0 unspecified atom stereocenters. The fourth-order valence-electron chi connectivity index (χ4n) is 1.92. The molecule has 0 heterocycles. The normalized spacial score (nSPS) is 10.0. The number of hydrogen-bond acceptors (Lipinski definition) is 5. The average Bonchev–Trinajstić information content (AvgIpc) is 2.60. The van der Waals surface area contributed by atoms with Gasteiger partial charge in [0.05, 0.1) is 10.5 Å². The van der Waals surface area contributed by atoms with Crippen LogP contribution < -0.4 is 5.32 Å². The van der Waals surface area contributed by atoms with Crippen LogP contribution in [-0.2, 0) is 16.1 Å². The summed E-state index contributed by atoms with van der Waals surface area (Å²) in [4.78, 5) is 33.5. The minimum atomic E-state index is -0.541. The lowest BCUT2D eigenvalue weighted by Crippen LogP contribution is -2.11. The molecule has 0 spiro atoms. The van der Waals surface area contributed by atoms with Crippen LogP contribution in [0.3, 0.4) is 0 Å². The van der Waals surface area contributed by atoms with Crippen molar-refractivity contribution < 1.29 is 19.2 Å². The van der Waals surface area contributed by atoms with Crippen molar-refractivity contribution in [3.63, 3.8) is 0 Å². The molecule has 124 valence electrons. The summed E-state index contributed by atoms with van der Waals surface area (Å²) < 4.78 is 5.18. The summed E-state index contributed by atoms with van der Waals surface area (Å²) in [6.45, 7) is 1.74. The van der Waals surface area contributed by atoms with E-state index >= 15 is 0 Å². The standard InChI is InChI=1S/C17H16N2O5/c1-2-16(20)18-14-5-3-4-13(10-14)17(21)24-11-12-6-8-15(9-7-12)19(22)23/h3-10H,2,11H2,1H3,(H,18,20). The zero-order chi connectivity index (χ0) is 17.5. The molecule has 0 saturated carbocycles. The van der Waals surface area contributed by atoms with Gasteiger partial charge >= 0.3 is 5.97 Å². The summed E-state index contributed by atoms with van der Waals surface area (Å²) >= 11 is 0. The molecule has 0 aliphatic carbocycles. The van der Waals surface area contributed by atoms with E-state index in [9.17, 15) is 19.7 Å². The smallest absolute Gasteiger partial charge is 0.338 e. The predicted octanol–water partition coefficient (Wildman–Crippen LogP) is 3.30. The maximum atomic E-state index is 12.1. The summed E-state index contributed by atoms with van der Waals surface area (Å²) in [5, 5.41) is 13.3. The number of carbonyl (C=O) groups is 2. The molecule has 24 heavy (non-hydrogen) atoms. The van der Waals surface area contributed by atoms with Crippen LogP contribution in [0.2, 0.25) is 0 Å². The highest BCUT2D eigenvalue weighted by Gasteiger charge is 2.10. The minimum Gasteiger partial charge on any atom is -0.457 e. The molecule has 0 bridgehead atoms. The van der Waals surface area contributed by atoms with Gasteiger partial charge in [-0.05, 0) is 35.9 Å². The number of ether oxygens (including phenoxy) is 1. The molecule has 1 N–H and O–H groups in total. The number of hydrogen-bond donors (Lipinski definition) is 1. The third kappa shape index (κ3) is 4.64. The second-order valence-electron chi connectivity index (χ2n) is 4.98. The Hall–Kier alpha value is -3.22. The van der Waals surface area contributed by atoms with Crippen LogP contribution in [0.5, 0.6) is 0 Å². The van der Waals surface area contributed by atoms with Gasteiger partial charge in [-0.1, -0.05) is 13.0 Å². The van der Waals surface area contributed by atoms with Crippen LogP contribution in [0, 0.1) is 10.1 Å². The van der Waals surface area contributed by atoms with Crippen molar-refractivity contribution in [3.8, 4) is 0 Å². The van der Waals surface area contributed by atoms with Crippen LogP contribution >= 0.6 is 0 Å². The lowest BCUT2D eigenvalue weighted by molar-refractivity contribution is -0.384. The number of non-ortho nitro benzene ring substituents is 1. The average molecular weight is 328 g/mol. The molecular formula is C17H16N2O5. The topological polar surface area (TPSA) is 98.5 Å². The van der Waals surface area contributed by atoms with Gasteiger partial charge in [0.15, 0.2) is 0 Å². The van der Waals surface area contributed by atoms with Gasteiger partial charge in [0.25, 0.3) is 5.69 Å². The maximum absolute atomic E-state index is 12.1. The van der Waals surface area contributed by atoms with E-state index in [1.54, 1.807) is 25.1 Å². The summed E-state index contributed by atoms with van der Waals surface area (Å²) in [5.74, 6) is -0.688. The van der Waals surface area contributed by atoms with Gasteiger partial charge in [-0.2, -0.15) is 0 Å². The fraction of sp³-hybridized carbons (Fsp3) is 0.176. The van der Waals surface area contributed by atoms with E-state index in [1.165, 1.54) is 30.3 Å². The zero-order valence-corrected chi connectivity index (χ0v) is 13.0. The van der Waals surface area contributed by atoms with E-state index in [4.69, 9.17) is 4.74 Å². The number of carbonyl (C=O) groups excluding carboxylic acids is 2. The maximum Gasteiger partial charge on any atom is 0.338 e. The van der Waals surface area contributed by atoms with E-state index in [-0.39, 0.29) is 18.2 Å². The van der Waals surface area contributed by atoms with E-state index in [2.05, 4.69) is 5.32 Å². The lowest BCUT2D eigenvalue weighted by atomic mass is 10.2. The Morgan fingerprint density at radius 2 is 1.88 bits per heavy atom. The molecule has 2 aromatic rings. The summed E-state index contributed by atoms with van der Waals surface area (Å²) in [7, 11) is 0. The summed E-state index contributed by atoms with van der Waals surface area (Å²) in [6.07, 6.45) is 0.342. The summed E-state index contributed by atoms with van der Waals surface area (Å²) in [6, 6.07) is 12.2. The van der Waals surface area contributed by atoms with Crippen molar-refractivity contribution in [1.82, 2.24) is 0 Å². The first-order chi connectivity index (χ1) is 11.5. The molecule has 0 atom stereocenters. The van der Waals surface area contributed by atoms with Crippen molar-refractivity contribution in [1.29, 1.82) is 0 Å². The number of amides is 1. The third-order valence-electron chi connectivity index (χ3n) is 3.22. The van der Waals surface area contributed by atoms with Crippen molar-refractivity contribution in [2.75, 3.05) is 5.32 Å². The highest BCUT2D eigenvalue weighted by atomic mass is 16.6. The van der Waals surface area contributed by atoms with Gasteiger partial charge in [-0.15, -0.1) is 0 Å². The van der Waals surface area contributed by atoms with Gasteiger partial charge in [-0.3, -0.25) is 14.9 Å². The molecule has 1 amide bonds. The first-order valence-corrected chi connectivity index (χ1v) is 7.30.